The van der Waals surface area contributed by atoms with Crippen LogP contribution in [-0.4, -0.2) is 18.0 Å². The van der Waals surface area contributed by atoms with E-state index in [0.29, 0.717) is 0 Å². The fourth-order valence-electron chi connectivity index (χ4n) is 1.31. The van der Waals surface area contributed by atoms with Crippen LogP contribution in [0, 0.1) is 6.92 Å². The zero-order valence-electron chi connectivity index (χ0n) is 6.84. The number of rotatable bonds is 2. The second kappa shape index (κ2) is 2.70. The highest BCUT2D eigenvalue weighted by Crippen LogP contribution is 2.15. The van der Waals surface area contributed by atoms with Crippen LogP contribution in [0.25, 0.3) is 0 Å². The fraction of sp³-hybridized carbons (Fsp3) is 0.556. The molecule has 1 aliphatic rings. The van der Waals surface area contributed by atoms with E-state index >= 15 is 0 Å². The van der Waals surface area contributed by atoms with Crippen molar-refractivity contribution < 1.29 is 4.42 Å². The van der Waals surface area contributed by atoms with Gasteiger partial charge in [-0.3, -0.25) is 4.90 Å². The van der Waals surface area contributed by atoms with Crippen LogP contribution in [0.2, 0.25) is 0 Å². The molecule has 1 aromatic heterocycles. The molecular weight excluding hydrogens is 138 g/mol. The molecule has 0 aromatic carbocycles. The molecule has 0 unspecified atom stereocenters. The minimum absolute atomic E-state index is 0.999. The van der Waals surface area contributed by atoms with E-state index in [2.05, 4.69) is 11.8 Å². The van der Waals surface area contributed by atoms with Crippen LogP contribution in [0.1, 0.15) is 17.7 Å². The molecule has 60 valence electrons. The Morgan fingerprint density at radius 2 is 2.36 bits per heavy atom. The lowest BCUT2D eigenvalue weighted by atomic mass is 10.2. The zero-order chi connectivity index (χ0) is 7.68. The quantitative estimate of drug-likeness (QED) is 0.640. The number of hydrogen-bond acceptors (Lipinski definition) is 2. The SMILES string of the molecule is Cc1ccoc1CN1CCC1. The average Bonchev–Trinajstić information content (AvgIpc) is 2.27. The van der Waals surface area contributed by atoms with Gasteiger partial charge in [0, 0.05) is 0 Å². The highest BCUT2D eigenvalue weighted by Gasteiger charge is 2.15. The molecule has 1 saturated heterocycles. The summed E-state index contributed by atoms with van der Waals surface area (Å²) in [7, 11) is 0. The normalized spacial score (nSPS) is 18.3. The summed E-state index contributed by atoms with van der Waals surface area (Å²) in [6, 6.07) is 2.02. The first kappa shape index (κ1) is 6.92. The molecule has 1 fully saturated rings. The molecule has 0 N–H and O–H groups in total. The van der Waals surface area contributed by atoms with Crippen molar-refractivity contribution >= 4 is 0 Å². The molecule has 11 heavy (non-hydrogen) atoms. The van der Waals surface area contributed by atoms with E-state index in [1.807, 2.05) is 6.07 Å². The predicted molar refractivity (Wildman–Crippen MR) is 43.3 cm³/mol. The Balaban J connectivity index is 1.99. The maximum atomic E-state index is 5.33. The van der Waals surface area contributed by atoms with Crippen molar-refractivity contribution in [2.24, 2.45) is 0 Å². The van der Waals surface area contributed by atoms with E-state index in [1.165, 1.54) is 25.1 Å². The maximum Gasteiger partial charge on any atom is 0.120 e. The molecule has 2 rings (SSSR count). The molecule has 0 spiro atoms. The van der Waals surface area contributed by atoms with E-state index in [9.17, 15) is 0 Å². The average molecular weight is 151 g/mol. The monoisotopic (exact) mass is 151 g/mol. The molecular formula is C9H13NO. The second-order valence-electron chi connectivity index (χ2n) is 3.16. The van der Waals surface area contributed by atoms with Crippen molar-refractivity contribution in [1.82, 2.24) is 4.90 Å². The van der Waals surface area contributed by atoms with Crippen LogP contribution in [-0.2, 0) is 6.54 Å². The van der Waals surface area contributed by atoms with Gasteiger partial charge in [0.1, 0.15) is 5.76 Å². The summed E-state index contributed by atoms with van der Waals surface area (Å²) in [4.78, 5) is 2.39. The Hall–Kier alpha value is -0.760. The Labute approximate surface area is 66.8 Å². The van der Waals surface area contributed by atoms with Gasteiger partial charge in [-0.15, -0.1) is 0 Å². The molecule has 0 radical (unpaired) electrons. The summed E-state index contributed by atoms with van der Waals surface area (Å²) in [6.45, 7) is 5.57. The number of nitrogens with zero attached hydrogens (tertiary/aromatic N) is 1. The van der Waals surface area contributed by atoms with E-state index in [-0.39, 0.29) is 0 Å². The molecule has 2 heteroatoms. The van der Waals surface area contributed by atoms with Gasteiger partial charge in [-0.1, -0.05) is 0 Å². The first-order valence-electron chi connectivity index (χ1n) is 4.11. The molecule has 1 aliphatic heterocycles. The lowest BCUT2D eigenvalue weighted by Gasteiger charge is -2.29. The van der Waals surface area contributed by atoms with Crippen molar-refractivity contribution in [3.05, 3.63) is 23.7 Å². The largest absolute Gasteiger partial charge is 0.468 e. The molecule has 0 saturated carbocycles. The van der Waals surface area contributed by atoms with E-state index in [1.54, 1.807) is 6.26 Å². The predicted octanol–water partition coefficient (Wildman–Crippen LogP) is 1.79. The van der Waals surface area contributed by atoms with Gasteiger partial charge in [-0.2, -0.15) is 0 Å². The lowest BCUT2D eigenvalue weighted by molar-refractivity contribution is 0.159. The Morgan fingerprint density at radius 1 is 1.55 bits per heavy atom. The van der Waals surface area contributed by atoms with Crippen molar-refractivity contribution in [1.29, 1.82) is 0 Å². The van der Waals surface area contributed by atoms with E-state index < -0.39 is 0 Å². The van der Waals surface area contributed by atoms with Gasteiger partial charge in [0.25, 0.3) is 0 Å². The third-order valence-electron chi connectivity index (χ3n) is 2.28. The summed E-state index contributed by atoms with van der Waals surface area (Å²) in [6.07, 6.45) is 3.12. The summed E-state index contributed by atoms with van der Waals surface area (Å²) < 4.78 is 5.33. The summed E-state index contributed by atoms with van der Waals surface area (Å²) in [5, 5.41) is 0. The van der Waals surface area contributed by atoms with Crippen LogP contribution < -0.4 is 0 Å². The maximum absolute atomic E-state index is 5.33. The van der Waals surface area contributed by atoms with Crippen molar-refractivity contribution in [2.75, 3.05) is 13.1 Å². The van der Waals surface area contributed by atoms with Gasteiger partial charge < -0.3 is 4.42 Å². The summed E-state index contributed by atoms with van der Waals surface area (Å²) >= 11 is 0. The zero-order valence-corrected chi connectivity index (χ0v) is 6.84. The fourth-order valence-corrected chi connectivity index (χ4v) is 1.31. The molecule has 0 atom stereocenters. The number of aryl methyl sites for hydroxylation is 1. The van der Waals surface area contributed by atoms with Crippen molar-refractivity contribution in [2.45, 2.75) is 19.9 Å². The Bertz CT molecular complexity index is 237. The molecule has 0 aliphatic carbocycles. The van der Waals surface area contributed by atoms with Gasteiger partial charge in [-0.05, 0) is 38.1 Å². The third-order valence-corrected chi connectivity index (χ3v) is 2.28. The molecule has 1 aromatic rings. The van der Waals surface area contributed by atoms with Crippen LogP contribution in [0.5, 0.6) is 0 Å². The smallest absolute Gasteiger partial charge is 0.120 e. The van der Waals surface area contributed by atoms with Gasteiger partial charge in [0.15, 0.2) is 0 Å². The minimum Gasteiger partial charge on any atom is -0.468 e. The highest BCUT2D eigenvalue weighted by atomic mass is 16.3. The lowest BCUT2D eigenvalue weighted by Crippen LogP contribution is -2.36. The molecule has 0 bridgehead atoms. The molecule has 2 heterocycles. The highest BCUT2D eigenvalue weighted by molar-refractivity contribution is 5.14. The van der Waals surface area contributed by atoms with Gasteiger partial charge in [-0.25, -0.2) is 0 Å². The number of hydrogen-bond donors (Lipinski definition) is 0. The standard InChI is InChI=1S/C9H13NO/c1-8-3-6-11-9(8)7-10-4-2-5-10/h3,6H,2,4-5,7H2,1H3. The molecule has 2 nitrogen and oxygen atoms in total. The first-order chi connectivity index (χ1) is 5.36. The second-order valence-corrected chi connectivity index (χ2v) is 3.16. The summed E-state index contributed by atoms with van der Waals surface area (Å²) in [5.74, 6) is 1.13. The minimum atomic E-state index is 0.999. The topological polar surface area (TPSA) is 16.4 Å². The van der Waals surface area contributed by atoms with Crippen LogP contribution in [0.15, 0.2) is 16.7 Å². The van der Waals surface area contributed by atoms with Crippen molar-refractivity contribution in [3.63, 3.8) is 0 Å². The van der Waals surface area contributed by atoms with Crippen LogP contribution >= 0.6 is 0 Å². The Kier molecular flexibility index (Phi) is 1.70. The summed E-state index contributed by atoms with van der Waals surface area (Å²) in [5.41, 5.74) is 1.27. The van der Waals surface area contributed by atoms with Gasteiger partial charge >= 0.3 is 0 Å². The van der Waals surface area contributed by atoms with Gasteiger partial charge in [0.05, 0.1) is 12.8 Å². The van der Waals surface area contributed by atoms with Crippen LogP contribution in [0.4, 0.5) is 0 Å². The Morgan fingerprint density at radius 3 is 2.82 bits per heavy atom. The van der Waals surface area contributed by atoms with Gasteiger partial charge in [0.2, 0.25) is 0 Å². The number of furan rings is 1. The molecule has 0 amide bonds. The van der Waals surface area contributed by atoms with E-state index in [0.717, 1.165) is 12.3 Å². The van der Waals surface area contributed by atoms with E-state index in [4.69, 9.17) is 4.42 Å². The van der Waals surface area contributed by atoms with Crippen LogP contribution in [0.3, 0.4) is 0 Å². The first-order valence-corrected chi connectivity index (χ1v) is 4.11. The number of likely N-dealkylation sites (tertiary alicyclic amines) is 1. The third kappa shape index (κ3) is 1.31. The van der Waals surface area contributed by atoms with Crippen molar-refractivity contribution in [3.8, 4) is 0 Å².